The van der Waals surface area contributed by atoms with Gasteiger partial charge in [-0.05, 0) is 31.4 Å². The first-order valence-electron chi connectivity index (χ1n) is 11.3. The van der Waals surface area contributed by atoms with E-state index in [0.29, 0.717) is 24.8 Å². The third-order valence-electron chi connectivity index (χ3n) is 5.15. The fraction of sp³-hybridized carbons (Fsp3) is 0.360. The molecule has 0 aliphatic rings. The van der Waals surface area contributed by atoms with Gasteiger partial charge in [0.05, 0.1) is 0 Å². The maximum absolute atomic E-state index is 12.7. The number of carbonyl (C=O) groups excluding carboxylic acids is 2. The van der Waals surface area contributed by atoms with Crippen LogP contribution in [-0.2, 0) is 11.2 Å². The second kappa shape index (κ2) is 12.7. The molecule has 0 unspecified atom stereocenters. The maximum Gasteiger partial charge on any atom is 0.317 e. The van der Waals surface area contributed by atoms with Crippen molar-refractivity contribution in [3.63, 3.8) is 0 Å². The van der Waals surface area contributed by atoms with E-state index in [1.807, 2.05) is 61.5 Å². The van der Waals surface area contributed by atoms with Crippen molar-refractivity contribution in [2.45, 2.75) is 39.5 Å². The molecule has 0 saturated heterocycles. The molecule has 0 saturated carbocycles. The molecule has 0 bridgehead atoms. The molecule has 0 fully saturated rings. The van der Waals surface area contributed by atoms with E-state index in [0.717, 1.165) is 41.0 Å². The van der Waals surface area contributed by atoms with Gasteiger partial charge in [-0.1, -0.05) is 78.8 Å². The average molecular weight is 466 g/mol. The molecule has 2 aromatic carbocycles. The second-order valence-corrected chi connectivity index (χ2v) is 8.87. The zero-order valence-electron chi connectivity index (χ0n) is 19.2. The molecule has 0 spiro atoms. The van der Waals surface area contributed by atoms with Gasteiger partial charge in [-0.25, -0.2) is 4.79 Å². The number of anilines is 1. The summed E-state index contributed by atoms with van der Waals surface area (Å²) in [5.41, 5.74) is 3.27. The Kier molecular flexibility index (Phi) is 9.38. The van der Waals surface area contributed by atoms with Crippen LogP contribution < -0.4 is 10.6 Å². The zero-order chi connectivity index (χ0) is 23.5. The van der Waals surface area contributed by atoms with Gasteiger partial charge in [-0.2, -0.15) is 0 Å². The summed E-state index contributed by atoms with van der Waals surface area (Å²) < 4.78 is 0. The smallest absolute Gasteiger partial charge is 0.317 e. The number of rotatable bonds is 11. The molecule has 3 rings (SSSR count). The van der Waals surface area contributed by atoms with Crippen LogP contribution in [0.3, 0.4) is 0 Å². The van der Waals surface area contributed by atoms with E-state index in [2.05, 4.69) is 27.8 Å². The van der Waals surface area contributed by atoms with E-state index in [4.69, 9.17) is 0 Å². The van der Waals surface area contributed by atoms with E-state index < -0.39 is 0 Å². The molecule has 7 nitrogen and oxygen atoms in total. The van der Waals surface area contributed by atoms with Gasteiger partial charge in [-0.3, -0.25) is 4.79 Å². The number of unbranched alkanes of at least 4 members (excludes halogenated alkanes) is 1. The highest BCUT2D eigenvalue weighted by atomic mass is 32.1. The van der Waals surface area contributed by atoms with Gasteiger partial charge >= 0.3 is 6.03 Å². The van der Waals surface area contributed by atoms with Gasteiger partial charge in [0.15, 0.2) is 0 Å². The Morgan fingerprint density at radius 1 is 1.03 bits per heavy atom. The van der Waals surface area contributed by atoms with E-state index in [1.54, 1.807) is 4.90 Å². The number of nitrogens with zero attached hydrogens (tertiary/aromatic N) is 3. The largest absolute Gasteiger partial charge is 0.338 e. The van der Waals surface area contributed by atoms with Crippen molar-refractivity contribution >= 4 is 28.4 Å². The average Bonchev–Trinajstić information content (AvgIpc) is 3.28. The van der Waals surface area contributed by atoms with Gasteiger partial charge in [-0.15, -0.1) is 10.2 Å². The first-order chi connectivity index (χ1) is 16.0. The number of nitrogens with one attached hydrogen (secondary N) is 2. The summed E-state index contributed by atoms with van der Waals surface area (Å²) in [6.45, 7) is 5.62. The first-order valence-corrected chi connectivity index (χ1v) is 12.1. The van der Waals surface area contributed by atoms with Crippen LogP contribution >= 0.6 is 11.3 Å². The van der Waals surface area contributed by atoms with Gasteiger partial charge < -0.3 is 15.5 Å². The lowest BCUT2D eigenvalue weighted by Gasteiger charge is -2.23. The summed E-state index contributed by atoms with van der Waals surface area (Å²) in [7, 11) is 0. The topological polar surface area (TPSA) is 87.2 Å². The normalized spacial score (nSPS) is 10.6. The van der Waals surface area contributed by atoms with Crippen LogP contribution in [0.15, 0.2) is 54.6 Å². The number of hydrogen-bond donors (Lipinski definition) is 2. The Bertz CT molecular complexity index is 1040. The van der Waals surface area contributed by atoms with Crippen LogP contribution in [-0.4, -0.2) is 46.7 Å². The summed E-state index contributed by atoms with van der Waals surface area (Å²) >= 11 is 1.34. The highest BCUT2D eigenvalue weighted by Gasteiger charge is 2.16. The predicted octanol–water partition coefficient (Wildman–Crippen LogP) is 4.90. The van der Waals surface area contributed by atoms with Crippen LogP contribution in [0.2, 0.25) is 0 Å². The molecule has 0 atom stereocenters. The lowest BCUT2D eigenvalue weighted by molar-refractivity contribution is -0.116. The second-order valence-electron chi connectivity index (χ2n) is 7.89. The minimum Gasteiger partial charge on any atom is -0.338 e. The van der Waals surface area contributed by atoms with Crippen LogP contribution in [0.5, 0.6) is 0 Å². The van der Waals surface area contributed by atoms with E-state index in [9.17, 15) is 9.59 Å². The predicted molar refractivity (Wildman–Crippen MR) is 133 cm³/mol. The van der Waals surface area contributed by atoms with Crippen LogP contribution in [0.1, 0.15) is 37.3 Å². The lowest BCUT2D eigenvalue weighted by atomic mass is 10.1. The van der Waals surface area contributed by atoms with Crippen molar-refractivity contribution < 1.29 is 9.59 Å². The molecule has 0 aliphatic carbocycles. The molecular formula is C25H31N5O2S. The maximum atomic E-state index is 12.7. The number of amides is 3. The number of hydrogen-bond acceptors (Lipinski definition) is 5. The summed E-state index contributed by atoms with van der Waals surface area (Å²) in [5, 5.41) is 15.3. The fourth-order valence-corrected chi connectivity index (χ4v) is 4.05. The van der Waals surface area contributed by atoms with Crippen LogP contribution in [0, 0.1) is 6.92 Å². The Morgan fingerprint density at radius 3 is 2.61 bits per heavy atom. The van der Waals surface area contributed by atoms with Crippen molar-refractivity contribution in [2.75, 3.05) is 25.0 Å². The van der Waals surface area contributed by atoms with E-state index in [1.165, 1.54) is 11.3 Å². The quantitative estimate of drug-likeness (QED) is 0.395. The highest BCUT2D eigenvalue weighted by Crippen LogP contribution is 2.26. The monoisotopic (exact) mass is 465 g/mol. The molecule has 1 aromatic heterocycles. The third-order valence-corrected chi connectivity index (χ3v) is 6.04. The fourth-order valence-electron chi connectivity index (χ4n) is 3.29. The molecule has 3 amide bonds. The Morgan fingerprint density at radius 2 is 1.85 bits per heavy atom. The molecular weight excluding hydrogens is 434 g/mol. The lowest BCUT2D eigenvalue weighted by Crippen LogP contribution is -2.42. The Labute approximate surface area is 199 Å². The van der Waals surface area contributed by atoms with Gasteiger partial charge in [0.1, 0.15) is 5.01 Å². The summed E-state index contributed by atoms with van der Waals surface area (Å²) in [6.07, 6.45) is 2.87. The molecule has 2 N–H and O–H groups in total. The molecule has 33 heavy (non-hydrogen) atoms. The van der Waals surface area contributed by atoms with Gasteiger partial charge in [0, 0.05) is 31.6 Å². The molecule has 8 heteroatoms. The van der Waals surface area contributed by atoms with Crippen LogP contribution in [0.4, 0.5) is 9.93 Å². The van der Waals surface area contributed by atoms with Crippen molar-refractivity contribution in [3.8, 4) is 10.6 Å². The van der Waals surface area contributed by atoms with Gasteiger partial charge in [0.2, 0.25) is 11.0 Å². The molecule has 0 radical (unpaired) electrons. The SMILES string of the molecule is CCCCNC(=O)N(CCC(=O)Nc1nnc(-c2cccc(C)c2)s1)CCc1ccccc1. The van der Waals surface area contributed by atoms with Crippen LogP contribution in [0.25, 0.3) is 10.6 Å². The molecule has 3 aromatic rings. The number of aryl methyl sites for hydroxylation is 1. The van der Waals surface area contributed by atoms with Crippen molar-refractivity contribution in [1.29, 1.82) is 0 Å². The molecule has 174 valence electrons. The van der Waals surface area contributed by atoms with E-state index in [-0.39, 0.29) is 18.4 Å². The van der Waals surface area contributed by atoms with Crippen molar-refractivity contribution in [3.05, 3.63) is 65.7 Å². The number of carbonyl (C=O) groups is 2. The first kappa shape index (κ1) is 24.4. The standard InChI is InChI=1S/C25H31N5O2S/c1-3-4-15-26-25(32)30(16-13-20-10-6-5-7-11-20)17-14-22(31)27-24-29-28-23(33-24)21-12-8-9-19(2)18-21/h5-12,18H,3-4,13-17H2,1-2H3,(H,26,32)(H,27,29,31). The number of urea groups is 1. The minimum atomic E-state index is -0.187. The summed E-state index contributed by atoms with van der Waals surface area (Å²) in [4.78, 5) is 26.9. The summed E-state index contributed by atoms with van der Waals surface area (Å²) in [5.74, 6) is -0.187. The van der Waals surface area contributed by atoms with Gasteiger partial charge in [0.25, 0.3) is 0 Å². The van der Waals surface area contributed by atoms with Crippen molar-refractivity contribution in [2.24, 2.45) is 0 Å². The van der Waals surface area contributed by atoms with E-state index >= 15 is 0 Å². The molecule has 1 heterocycles. The summed E-state index contributed by atoms with van der Waals surface area (Å²) in [6, 6.07) is 17.9. The zero-order valence-corrected chi connectivity index (χ0v) is 20.0. The highest BCUT2D eigenvalue weighted by molar-refractivity contribution is 7.18. The number of benzene rings is 2. The number of aromatic nitrogens is 2. The minimum absolute atomic E-state index is 0.134. The Hall–Kier alpha value is -3.26. The molecule has 0 aliphatic heterocycles. The Balaban J connectivity index is 1.54. The third kappa shape index (κ3) is 7.98. The van der Waals surface area contributed by atoms with Crippen molar-refractivity contribution in [1.82, 2.24) is 20.4 Å².